The summed E-state index contributed by atoms with van der Waals surface area (Å²) < 4.78 is 21.6. The molecule has 0 heterocycles. The molecular weight excluding hydrogens is 324 g/mol. The van der Waals surface area contributed by atoms with Crippen LogP contribution in [0.15, 0.2) is 0 Å². The topological polar surface area (TPSA) is 36.9 Å². The van der Waals surface area contributed by atoms with E-state index in [0.29, 0.717) is 65.2 Å². The van der Waals surface area contributed by atoms with Crippen molar-refractivity contribution in [3.63, 3.8) is 0 Å². The van der Waals surface area contributed by atoms with Gasteiger partial charge in [0.25, 0.3) is 0 Å². The van der Waals surface area contributed by atoms with Crippen LogP contribution in [0.3, 0.4) is 0 Å². The Morgan fingerprint density at radius 1 is 0.808 bits per heavy atom. The van der Waals surface area contributed by atoms with E-state index in [1.54, 1.807) is 7.11 Å². The van der Waals surface area contributed by atoms with Crippen LogP contribution in [0.5, 0.6) is 0 Å². The van der Waals surface area contributed by atoms with Gasteiger partial charge in [0, 0.05) is 7.11 Å². The third-order valence-electron chi connectivity index (χ3n) is 3.89. The summed E-state index contributed by atoms with van der Waals surface area (Å²) in [6.07, 6.45) is 1.10. The predicted octanol–water partition coefficient (Wildman–Crippen LogP) is -6.63. The van der Waals surface area contributed by atoms with E-state index in [9.17, 15) is 0 Å². The fraction of sp³-hybridized carbons (Fsp3) is 1.00. The van der Waals surface area contributed by atoms with Crippen molar-refractivity contribution in [2.75, 3.05) is 59.1 Å². The van der Waals surface area contributed by atoms with Crippen LogP contribution in [0.25, 0.3) is 0 Å². The van der Waals surface area contributed by atoms with Gasteiger partial charge >= 0.3 is 159 Å². The summed E-state index contributed by atoms with van der Waals surface area (Å²) in [7, 11) is 18.7. The van der Waals surface area contributed by atoms with Gasteiger partial charge in [0.15, 0.2) is 0 Å². The van der Waals surface area contributed by atoms with Crippen LogP contribution < -0.4 is 0 Å². The fourth-order valence-electron chi connectivity index (χ4n) is 2.73. The van der Waals surface area contributed by atoms with Gasteiger partial charge in [-0.15, -0.1) is 0 Å². The molecule has 0 N–H and O–H groups in total. The second kappa shape index (κ2) is 16.9. The maximum atomic E-state index is 6.04. The number of rotatable bonds is 16. The molecule has 0 saturated heterocycles. The minimum Gasteiger partial charge on any atom is -0.382 e. The summed E-state index contributed by atoms with van der Waals surface area (Å²) in [6, 6.07) is 5.06. The SMILES string of the molecule is [10B-][10BH][10B]([10BH2])S(=[10B][10B]([10BH2])[10BH2])(=[10B][10B]([10BH2])[10BH2])CCOCCOCCOCCOC. The number of methoxy groups -OCH3 is 1. The minimum atomic E-state index is -1.01. The zero-order valence-electron chi connectivity index (χ0n) is 17.9. The third-order valence-corrected chi connectivity index (χ3v) is 8.56. The smallest absolute Gasteiger partial charge is 0.382 e. The van der Waals surface area contributed by atoms with E-state index in [-0.39, 0.29) is 0 Å². The third kappa shape index (κ3) is 13.2. The average molecular weight is 355 g/mol. The van der Waals surface area contributed by atoms with Crippen LogP contribution in [0, 0.1) is 0 Å². The van der Waals surface area contributed by atoms with Crippen molar-refractivity contribution in [3.05, 3.63) is 0 Å². The number of hydrogen-bond acceptors (Lipinski definition) is 4. The molecule has 0 bridgehead atoms. The van der Waals surface area contributed by atoms with E-state index in [1.807, 2.05) is 0 Å². The van der Waals surface area contributed by atoms with E-state index < -0.39 is 8.73 Å². The van der Waals surface area contributed by atoms with E-state index in [4.69, 9.17) is 26.7 Å². The molecule has 0 spiro atoms. The molecule has 4 nitrogen and oxygen atoms in total. The molecule has 17 heteroatoms. The Balaban J connectivity index is 4.32. The van der Waals surface area contributed by atoms with Crippen molar-refractivity contribution in [2.45, 2.75) is 0 Å². The Labute approximate surface area is 170 Å². The van der Waals surface area contributed by atoms with Crippen LogP contribution in [0.4, 0.5) is 0 Å². The van der Waals surface area contributed by atoms with Gasteiger partial charge in [-0.3, -0.25) is 0 Å². The predicted molar refractivity (Wildman–Crippen MR) is 141 cm³/mol. The molecule has 0 aliphatic rings. The Bertz CT molecular complexity index is 438. The van der Waals surface area contributed by atoms with Gasteiger partial charge in [-0.05, 0) is 0 Å². The van der Waals surface area contributed by atoms with Crippen molar-refractivity contribution >= 4 is 92.9 Å². The van der Waals surface area contributed by atoms with Crippen molar-refractivity contribution in [3.8, 4) is 0 Å². The zero-order chi connectivity index (χ0) is 19.8. The second-order valence-electron chi connectivity index (χ2n) is 7.25. The molecule has 3 radical (unpaired) electrons. The molecule has 0 rings (SSSR count). The monoisotopic (exact) mass is 354 g/mol. The van der Waals surface area contributed by atoms with Gasteiger partial charge in [0.2, 0.25) is 0 Å². The van der Waals surface area contributed by atoms with Crippen LogP contribution >= 0.6 is 8.73 Å². The molecule has 133 valence electrons. The molecule has 0 saturated carbocycles. The van der Waals surface area contributed by atoms with E-state index >= 15 is 0 Å². The molecule has 0 unspecified atom stereocenters. The average Bonchev–Trinajstić information content (AvgIpc) is 2.57. The molecule has 0 aliphatic carbocycles. The Kier molecular flexibility index (Phi) is 17.5. The Hall–Kier alpha value is 0.969. The summed E-state index contributed by atoms with van der Waals surface area (Å²) in [6.45, 7) is 4.39. The van der Waals surface area contributed by atoms with Gasteiger partial charge in [0.05, 0.1) is 0 Å². The van der Waals surface area contributed by atoms with Crippen LogP contribution in [-0.4, -0.2) is 143 Å². The van der Waals surface area contributed by atoms with Gasteiger partial charge in [-0.1, -0.05) is 0 Å². The van der Waals surface area contributed by atoms with Gasteiger partial charge in [-0.25, -0.2) is 0 Å². The first kappa shape index (κ1) is 27.0. The van der Waals surface area contributed by atoms with Crippen molar-refractivity contribution in [2.24, 2.45) is 0 Å². The first-order chi connectivity index (χ1) is 12.4. The van der Waals surface area contributed by atoms with E-state index in [2.05, 4.69) is 50.8 Å². The Morgan fingerprint density at radius 2 is 1.23 bits per heavy atom. The molecule has 0 atom stereocenters. The molecule has 0 aromatic carbocycles. The van der Waals surface area contributed by atoms with Crippen molar-refractivity contribution < 1.29 is 18.9 Å². The quantitative estimate of drug-likeness (QED) is 0.204. The first-order valence-corrected chi connectivity index (χ1v) is 11.8. The molecule has 0 fully saturated rings. The van der Waals surface area contributed by atoms with Crippen LogP contribution in [0.1, 0.15) is 0 Å². The first-order valence-electron chi connectivity index (χ1n) is 9.79. The van der Waals surface area contributed by atoms with Crippen LogP contribution in [0.2, 0.25) is 0 Å². The summed E-state index contributed by atoms with van der Waals surface area (Å²) in [4.78, 5) is 0. The van der Waals surface area contributed by atoms with E-state index in [0.717, 1.165) is 12.4 Å². The molecular formula is C9H30B12O4S-. The standard InChI is InChI=1S/C9H30B12O4S/c1-22-2-3-23-4-5-24-6-7-25-8-9-26(17-19(11)12,18-20(13)14)21(15)16-10/h16H,2-9,11-15H2,1H3/q-1/i10-1,11-1,12-1,13-1,14-1,15-1,16-1,17-1,18-1,19-1,20-1,21-1. The van der Waals surface area contributed by atoms with Gasteiger partial charge in [-0.2, -0.15) is 0 Å². The van der Waals surface area contributed by atoms with E-state index in [1.165, 1.54) is 0 Å². The van der Waals surface area contributed by atoms with Crippen molar-refractivity contribution in [1.82, 2.24) is 0 Å². The molecule has 0 amide bonds. The minimum absolute atomic E-state index is 0.483. The number of hydrogen-bond donors (Lipinski definition) is 0. The summed E-state index contributed by atoms with van der Waals surface area (Å²) >= 11 is 0. The second-order valence-corrected chi connectivity index (χ2v) is 10.8. The molecule has 26 heavy (non-hydrogen) atoms. The molecule has 0 aliphatic heterocycles. The fourth-order valence-corrected chi connectivity index (χ4v) is 6.82. The molecule has 0 aromatic rings. The van der Waals surface area contributed by atoms with Gasteiger partial charge < -0.3 is 4.74 Å². The summed E-state index contributed by atoms with van der Waals surface area (Å²) in [5.41, 5.74) is 0. The van der Waals surface area contributed by atoms with Gasteiger partial charge in [0.1, 0.15) is 0 Å². The number of ether oxygens (including phenoxy) is 4. The Morgan fingerprint density at radius 3 is 1.62 bits per heavy atom. The maximum absolute atomic E-state index is 6.04. The summed E-state index contributed by atoms with van der Waals surface area (Å²) in [5.74, 6) is 1.53. The van der Waals surface area contributed by atoms with Crippen LogP contribution in [-0.2, 0) is 18.9 Å². The zero-order valence-corrected chi connectivity index (χ0v) is 18.7. The molecule has 0 aromatic heterocycles. The van der Waals surface area contributed by atoms with Crippen molar-refractivity contribution in [1.29, 1.82) is 0 Å². The summed E-state index contributed by atoms with van der Waals surface area (Å²) in [5, 5.41) is 0. The normalized spacial score (nSPS) is 10.7.